The Hall–Kier alpha value is -3.17. The Morgan fingerprint density at radius 1 is 1.03 bits per heavy atom. The predicted octanol–water partition coefficient (Wildman–Crippen LogP) is 4.23. The number of likely N-dealkylation sites (tertiary alicyclic amines) is 1. The van der Waals surface area contributed by atoms with Crippen molar-refractivity contribution in [2.75, 3.05) is 32.8 Å². The first-order valence-electron chi connectivity index (χ1n) is 12.4. The van der Waals surface area contributed by atoms with Crippen molar-refractivity contribution in [3.63, 3.8) is 0 Å². The highest BCUT2D eigenvalue weighted by molar-refractivity contribution is 5.85. The van der Waals surface area contributed by atoms with E-state index in [-0.39, 0.29) is 18.7 Å². The van der Waals surface area contributed by atoms with E-state index in [1.807, 2.05) is 30.3 Å². The third-order valence-electron chi connectivity index (χ3n) is 6.45. The smallest absolute Gasteiger partial charge is 0.137 e. The fourth-order valence-corrected chi connectivity index (χ4v) is 4.43. The summed E-state index contributed by atoms with van der Waals surface area (Å²) in [6, 6.07) is 13.1. The molecule has 2 heterocycles. The van der Waals surface area contributed by atoms with E-state index in [1.165, 1.54) is 23.4 Å². The number of aliphatic imine (C=N–C) groups is 1. The van der Waals surface area contributed by atoms with Crippen LogP contribution in [-0.2, 0) is 12.1 Å². The van der Waals surface area contributed by atoms with Crippen molar-refractivity contribution in [2.24, 2.45) is 4.99 Å². The van der Waals surface area contributed by atoms with E-state index in [4.69, 9.17) is 4.74 Å². The van der Waals surface area contributed by atoms with E-state index in [0.717, 1.165) is 81.9 Å². The molecule has 1 saturated heterocycles. The van der Waals surface area contributed by atoms with Crippen molar-refractivity contribution >= 4 is 5.71 Å². The van der Waals surface area contributed by atoms with E-state index < -0.39 is 17.2 Å². The molecule has 1 aromatic heterocycles. The van der Waals surface area contributed by atoms with E-state index in [9.17, 15) is 13.9 Å². The minimum Gasteiger partial charge on any atom is -0.494 e. The van der Waals surface area contributed by atoms with Gasteiger partial charge in [-0.2, -0.15) is 5.10 Å². The summed E-state index contributed by atoms with van der Waals surface area (Å²) in [6.07, 6.45) is 7.67. The van der Waals surface area contributed by atoms with Crippen molar-refractivity contribution in [3.05, 3.63) is 78.4 Å². The van der Waals surface area contributed by atoms with Crippen LogP contribution in [0.2, 0.25) is 0 Å². The lowest BCUT2D eigenvalue weighted by molar-refractivity contribution is 0.0208. The second kappa shape index (κ2) is 12.7. The summed E-state index contributed by atoms with van der Waals surface area (Å²) < 4.78 is 35.2. The number of ether oxygens (including phenoxy) is 1. The molecule has 1 N–H and O–H groups in total. The van der Waals surface area contributed by atoms with Gasteiger partial charge in [0.15, 0.2) is 0 Å². The van der Waals surface area contributed by atoms with Crippen LogP contribution in [0.4, 0.5) is 8.78 Å². The Balaban J connectivity index is 1.24. The summed E-state index contributed by atoms with van der Waals surface area (Å²) >= 11 is 0. The number of hydrogen-bond donors (Lipinski definition) is 1. The maximum atomic E-state index is 14.6. The summed E-state index contributed by atoms with van der Waals surface area (Å²) in [5, 5.41) is 15.4. The zero-order valence-electron chi connectivity index (χ0n) is 20.4. The predicted molar refractivity (Wildman–Crippen MR) is 134 cm³/mol. The summed E-state index contributed by atoms with van der Waals surface area (Å²) in [7, 11) is 0. The van der Waals surface area contributed by atoms with Crippen molar-refractivity contribution in [3.8, 4) is 5.75 Å². The number of para-hydroxylation sites is 1. The molecule has 0 spiro atoms. The fourth-order valence-electron chi connectivity index (χ4n) is 4.43. The standard InChI is InChI=1S/C27H33F2N5O2/c28-22-9-10-25(26(29)17-22)27(35,19-34-21-30-20-32-34)18-31-23-11-14-33(15-12-23)13-5-2-6-16-36-24-7-3-1-4-8-24/h1,3-4,7-10,17,20-21,35H,2,5-6,11-16,18-19H2. The Morgan fingerprint density at radius 3 is 2.56 bits per heavy atom. The molecule has 9 heteroatoms. The van der Waals surface area contributed by atoms with Gasteiger partial charge in [-0.15, -0.1) is 0 Å². The molecule has 0 radical (unpaired) electrons. The second-order valence-corrected chi connectivity index (χ2v) is 9.20. The van der Waals surface area contributed by atoms with Crippen LogP contribution in [0.25, 0.3) is 0 Å². The number of rotatable bonds is 12. The number of unbranched alkanes of at least 4 members (excludes halogenated alkanes) is 2. The van der Waals surface area contributed by atoms with Gasteiger partial charge in [-0.05, 0) is 56.8 Å². The average molecular weight is 498 g/mol. The molecule has 1 aliphatic heterocycles. The first kappa shape index (κ1) is 25.9. The van der Waals surface area contributed by atoms with Crippen LogP contribution in [0.5, 0.6) is 5.75 Å². The van der Waals surface area contributed by atoms with Gasteiger partial charge in [0.1, 0.15) is 35.6 Å². The van der Waals surface area contributed by atoms with Crippen molar-refractivity contribution in [1.82, 2.24) is 19.7 Å². The molecule has 0 saturated carbocycles. The van der Waals surface area contributed by atoms with Gasteiger partial charge in [-0.3, -0.25) is 4.99 Å². The molecule has 0 amide bonds. The van der Waals surface area contributed by atoms with Gasteiger partial charge in [0.25, 0.3) is 0 Å². The molecule has 1 aliphatic rings. The summed E-state index contributed by atoms with van der Waals surface area (Å²) in [4.78, 5) is 11.0. The average Bonchev–Trinajstić information content (AvgIpc) is 3.39. The zero-order chi connectivity index (χ0) is 25.2. The first-order valence-corrected chi connectivity index (χ1v) is 12.4. The van der Waals surface area contributed by atoms with Crippen LogP contribution >= 0.6 is 0 Å². The van der Waals surface area contributed by atoms with E-state index in [0.29, 0.717) is 0 Å². The normalized spacial score (nSPS) is 16.0. The van der Waals surface area contributed by atoms with Crippen LogP contribution in [0.3, 0.4) is 0 Å². The Labute approximate surface area is 210 Å². The summed E-state index contributed by atoms with van der Waals surface area (Å²) in [6.45, 7) is 3.51. The Morgan fingerprint density at radius 2 is 1.83 bits per heavy atom. The molecule has 0 aliphatic carbocycles. The van der Waals surface area contributed by atoms with Crippen molar-refractivity contribution < 1.29 is 18.6 Å². The monoisotopic (exact) mass is 497 g/mol. The molecule has 1 unspecified atom stereocenters. The van der Waals surface area contributed by atoms with Crippen LogP contribution in [0.15, 0.2) is 66.2 Å². The van der Waals surface area contributed by atoms with Gasteiger partial charge in [-0.1, -0.05) is 24.3 Å². The largest absolute Gasteiger partial charge is 0.494 e. The lowest BCUT2D eigenvalue weighted by atomic mass is 9.92. The number of nitrogens with zero attached hydrogens (tertiary/aromatic N) is 5. The number of halogens is 2. The Bertz CT molecular complexity index is 1100. The van der Waals surface area contributed by atoms with Crippen LogP contribution in [0, 0.1) is 11.6 Å². The molecule has 1 atom stereocenters. The molecule has 7 nitrogen and oxygen atoms in total. The third-order valence-corrected chi connectivity index (χ3v) is 6.45. The Kier molecular flexibility index (Phi) is 9.13. The van der Waals surface area contributed by atoms with Gasteiger partial charge < -0.3 is 14.7 Å². The highest BCUT2D eigenvalue weighted by Gasteiger charge is 2.33. The molecular weight excluding hydrogens is 464 g/mol. The molecule has 2 aromatic carbocycles. The minimum absolute atomic E-state index is 0.00238. The van der Waals surface area contributed by atoms with Gasteiger partial charge >= 0.3 is 0 Å². The number of hydrogen-bond acceptors (Lipinski definition) is 6. The first-order chi connectivity index (χ1) is 17.5. The zero-order valence-corrected chi connectivity index (χ0v) is 20.4. The highest BCUT2D eigenvalue weighted by atomic mass is 19.1. The van der Waals surface area contributed by atoms with Crippen LogP contribution < -0.4 is 4.74 Å². The van der Waals surface area contributed by atoms with Gasteiger partial charge in [-0.25, -0.2) is 18.4 Å². The van der Waals surface area contributed by atoms with Gasteiger partial charge in [0.2, 0.25) is 0 Å². The maximum absolute atomic E-state index is 14.6. The molecule has 3 aromatic rings. The molecule has 1 fully saturated rings. The van der Waals surface area contributed by atoms with Gasteiger partial charge in [0, 0.05) is 30.4 Å². The van der Waals surface area contributed by atoms with E-state index in [1.54, 1.807) is 0 Å². The molecule has 0 bridgehead atoms. The SMILES string of the molecule is OC(CN=C1CCN(CCCCCOc2ccccc2)CC1)(Cn1cncn1)c1ccc(F)cc1F. The fraction of sp³-hybridized carbons (Fsp3) is 0.444. The summed E-state index contributed by atoms with van der Waals surface area (Å²) in [5.41, 5.74) is -0.670. The maximum Gasteiger partial charge on any atom is 0.137 e. The molecule has 4 rings (SSSR count). The number of piperidine rings is 1. The highest BCUT2D eigenvalue weighted by Crippen LogP contribution is 2.27. The lowest BCUT2D eigenvalue weighted by Crippen LogP contribution is -2.38. The number of benzene rings is 2. The lowest BCUT2D eigenvalue weighted by Gasteiger charge is -2.30. The molecular formula is C27H33F2N5O2. The van der Waals surface area contributed by atoms with Gasteiger partial charge in [0.05, 0.1) is 19.7 Å². The second-order valence-electron chi connectivity index (χ2n) is 9.20. The summed E-state index contributed by atoms with van der Waals surface area (Å²) in [5.74, 6) is -0.584. The van der Waals surface area contributed by atoms with Crippen molar-refractivity contribution in [1.29, 1.82) is 0 Å². The number of aliphatic hydroxyl groups is 1. The van der Waals surface area contributed by atoms with E-state index in [2.05, 4.69) is 20.0 Å². The minimum atomic E-state index is -1.67. The third kappa shape index (κ3) is 7.41. The topological polar surface area (TPSA) is 75.8 Å². The molecule has 192 valence electrons. The molecule has 36 heavy (non-hydrogen) atoms. The van der Waals surface area contributed by atoms with Crippen molar-refractivity contribution in [2.45, 2.75) is 44.2 Å². The van der Waals surface area contributed by atoms with Crippen LogP contribution in [-0.4, -0.2) is 63.3 Å². The van der Waals surface area contributed by atoms with E-state index >= 15 is 0 Å². The number of aromatic nitrogens is 3. The van der Waals surface area contributed by atoms with Crippen LogP contribution in [0.1, 0.15) is 37.7 Å². The quantitative estimate of drug-likeness (QED) is 0.379.